The van der Waals surface area contributed by atoms with Crippen LogP contribution in [0.1, 0.15) is 12.0 Å². The predicted octanol–water partition coefficient (Wildman–Crippen LogP) is 2.09. The third kappa shape index (κ3) is 6.61. The van der Waals surface area contributed by atoms with Gasteiger partial charge in [-0.3, -0.25) is 15.2 Å². The summed E-state index contributed by atoms with van der Waals surface area (Å²) in [5.41, 5.74) is 8.51. The van der Waals surface area contributed by atoms with Gasteiger partial charge in [-0.25, -0.2) is 0 Å². The van der Waals surface area contributed by atoms with Crippen molar-refractivity contribution in [1.82, 2.24) is 10.4 Å². The number of thiocarbonyl (C=S) groups is 1. The Hall–Kier alpha value is -1.57. The molecule has 0 aromatic heterocycles. The Labute approximate surface area is 137 Å². The molecule has 1 rings (SSSR count). The number of oxime groups is 1. The molecule has 0 aliphatic rings. The molecule has 21 heavy (non-hydrogen) atoms. The summed E-state index contributed by atoms with van der Waals surface area (Å²) >= 11 is 16.4. The molecule has 0 bridgehead atoms. The average molecular weight is 349 g/mol. The summed E-state index contributed by atoms with van der Waals surface area (Å²) in [6.07, 6.45) is 1.36. The molecular weight excluding hydrogens is 335 g/mol. The van der Waals surface area contributed by atoms with Gasteiger partial charge in [0.05, 0.1) is 12.6 Å². The minimum atomic E-state index is -0.317. The number of benzene rings is 1. The van der Waals surface area contributed by atoms with Crippen LogP contribution >= 0.6 is 35.4 Å². The van der Waals surface area contributed by atoms with Crippen LogP contribution < -0.4 is 11.2 Å². The summed E-state index contributed by atoms with van der Waals surface area (Å²) in [5, 5.41) is 6.00. The van der Waals surface area contributed by atoms with E-state index in [2.05, 4.69) is 22.8 Å². The maximum Gasteiger partial charge on any atom is 0.244 e. The van der Waals surface area contributed by atoms with Gasteiger partial charge in [0.15, 0.2) is 5.11 Å². The average Bonchev–Trinajstić information content (AvgIpc) is 2.40. The lowest BCUT2D eigenvalue weighted by Crippen LogP contribution is -2.45. The lowest BCUT2D eigenvalue weighted by molar-refractivity contribution is -0.122. The van der Waals surface area contributed by atoms with Crippen molar-refractivity contribution in [3.05, 3.63) is 33.8 Å². The van der Waals surface area contributed by atoms with Crippen LogP contribution in [0.2, 0.25) is 10.0 Å². The molecule has 0 atom stereocenters. The zero-order valence-electron chi connectivity index (χ0n) is 11.2. The minimum absolute atomic E-state index is 0.0291. The number of nitrogens with one attached hydrogen (secondary N) is 1. The third-order valence-corrected chi connectivity index (χ3v) is 3.14. The fourth-order valence-electron chi connectivity index (χ4n) is 1.21. The number of amides is 1. The maximum absolute atomic E-state index is 11.4. The Morgan fingerprint density at radius 2 is 2.29 bits per heavy atom. The molecule has 1 amide bonds. The zero-order chi connectivity index (χ0) is 15.8. The van der Waals surface area contributed by atoms with Crippen LogP contribution in [0.5, 0.6) is 0 Å². The zero-order valence-corrected chi connectivity index (χ0v) is 13.5. The predicted molar refractivity (Wildman–Crippen MR) is 87.1 cm³/mol. The van der Waals surface area contributed by atoms with Crippen molar-refractivity contribution in [3.8, 4) is 0 Å². The topological polar surface area (TPSA) is 80.0 Å². The van der Waals surface area contributed by atoms with Crippen LogP contribution in [0.3, 0.4) is 0 Å². The Morgan fingerprint density at radius 3 is 2.90 bits per heavy atom. The molecule has 0 aliphatic carbocycles. The number of nitrogens with two attached hydrogens (primary N) is 1. The number of carbonyl (C=O) groups excluding carboxylic acids is 1. The second-order valence-electron chi connectivity index (χ2n) is 3.93. The van der Waals surface area contributed by atoms with E-state index in [0.717, 1.165) is 5.56 Å². The lowest BCUT2D eigenvalue weighted by atomic mass is 10.2. The standard InChI is InChI=1S/C12H14Cl2N4O2S/c1-18(12(15)21)17-11(19)4-5-16-20-7-8-2-3-9(13)6-10(8)14/h2-3,5-6H,4,7H2,1H3,(H2,15,21)(H,17,19)/b16-5+. The number of nitrogens with zero attached hydrogens (tertiary/aromatic N) is 2. The van der Waals surface area contributed by atoms with Crippen LogP contribution in [0.25, 0.3) is 0 Å². The smallest absolute Gasteiger partial charge is 0.244 e. The van der Waals surface area contributed by atoms with E-state index in [1.54, 1.807) is 18.2 Å². The van der Waals surface area contributed by atoms with Crippen molar-refractivity contribution in [3.63, 3.8) is 0 Å². The fourth-order valence-corrected chi connectivity index (χ4v) is 1.71. The van der Waals surface area contributed by atoms with Gasteiger partial charge in [-0.05, 0) is 24.4 Å². The monoisotopic (exact) mass is 348 g/mol. The summed E-state index contributed by atoms with van der Waals surface area (Å²) < 4.78 is 0. The summed E-state index contributed by atoms with van der Waals surface area (Å²) in [5.74, 6) is -0.317. The van der Waals surface area contributed by atoms with Crippen LogP contribution in [-0.4, -0.2) is 29.3 Å². The van der Waals surface area contributed by atoms with E-state index in [1.807, 2.05) is 0 Å². The quantitative estimate of drug-likeness (QED) is 0.483. The number of hydrogen-bond acceptors (Lipinski definition) is 4. The van der Waals surface area contributed by atoms with Gasteiger partial charge in [-0.1, -0.05) is 34.4 Å². The molecule has 1 aromatic rings. The highest BCUT2D eigenvalue weighted by atomic mass is 35.5. The van der Waals surface area contributed by atoms with Crippen LogP contribution in [0.4, 0.5) is 0 Å². The van der Waals surface area contributed by atoms with Crippen molar-refractivity contribution in [1.29, 1.82) is 0 Å². The largest absolute Gasteiger partial charge is 0.391 e. The Balaban J connectivity index is 2.32. The van der Waals surface area contributed by atoms with E-state index in [4.69, 9.17) is 33.8 Å². The Morgan fingerprint density at radius 1 is 1.57 bits per heavy atom. The molecule has 0 fully saturated rings. The first-order chi connectivity index (χ1) is 9.90. The van der Waals surface area contributed by atoms with E-state index in [9.17, 15) is 4.79 Å². The van der Waals surface area contributed by atoms with Crippen molar-refractivity contribution in [2.24, 2.45) is 10.9 Å². The molecule has 0 radical (unpaired) electrons. The van der Waals surface area contributed by atoms with Gasteiger partial charge in [-0.15, -0.1) is 0 Å². The molecule has 1 aromatic carbocycles. The summed E-state index contributed by atoms with van der Waals surface area (Å²) in [6, 6.07) is 5.06. The summed E-state index contributed by atoms with van der Waals surface area (Å²) in [7, 11) is 1.54. The number of carbonyl (C=O) groups is 1. The molecular formula is C12H14Cl2N4O2S. The van der Waals surface area contributed by atoms with Gasteiger partial charge in [0.2, 0.25) is 5.91 Å². The van der Waals surface area contributed by atoms with E-state index in [1.165, 1.54) is 18.3 Å². The molecule has 0 saturated heterocycles. The van der Waals surface area contributed by atoms with Gasteiger partial charge in [0, 0.05) is 22.7 Å². The van der Waals surface area contributed by atoms with Gasteiger partial charge in [0.25, 0.3) is 0 Å². The highest BCUT2D eigenvalue weighted by Crippen LogP contribution is 2.21. The number of hydrogen-bond donors (Lipinski definition) is 2. The lowest BCUT2D eigenvalue weighted by Gasteiger charge is -2.16. The fraction of sp³-hybridized carbons (Fsp3) is 0.250. The van der Waals surface area contributed by atoms with Gasteiger partial charge >= 0.3 is 0 Å². The van der Waals surface area contributed by atoms with E-state index >= 15 is 0 Å². The van der Waals surface area contributed by atoms with E-state index < -0.39 is 0 Å². The maximum atomic E-state index is 11.4. The minimum Gasteiger partial charge on any atom is -0.391 e. The second-order valence-corrected chi connectivity index (χ2v) is 5.20. The van der Waals surface area contributed by atoms with E-state index in [-0.39, 0.29) is 24.0 Å². The molecule has 0 unspecified atom stereocenters. The van der Waals surface area contributed by atoms with Gasteiger partial charge < -0.3 is 10.6 Å². The van der Waals surface area contributed by atoms with Crippen molar-refractivity contribution in [2.75, 3.05) is 7.05 Å². The van der Waals surface area contributed by atoms with Crippen LogP contribution in [0, 0.1) is 0 Å². The van der Waals surface area contributed by atoms with Crippen molar-refractivity contribution < 1.29 is 9.63 Å². The molecule has 114 valence electrons. The second kappa shape index (κ2) is 8.66. The number of rotatable bonds is 5. The number of hydrazine groups is 1. The first-order valence-electron chi connectivity index (χ1n) is 5.80. The molecule has 0 heterocycles. The van der Waals surface area contributed by atoms with E-state index in [0.29, 0.717) is 10.0 Å². The number of halogens is 2. The summed E-state index contributed by atoms with van der Waals surface area (Å²) in [4.78, 5) is 16.5. The molecule has 0 saturated carbocycles. The SMILES string of the molecule is CN(NC(=O)C/C=N/OCc1ccc(Cl)cc1Cl)C(N)=S. The highest BCUT2D eigenvalue weighted by molar-refractivity contribution is 7.80. The normalized spacial score (nSPS) is 10.4. The molecule has 0 aliphatic heterocycles. The van der Waals surface area contributed by atoms with Crippen LogP contribution in [0.15, 0.2) is 23.4 Å². The van der Waals surface area contributed by atoms with Crippen molar-refractivity contribution >= 4 is 52.7 Å². The molecule has 0 spiro atoms. The van der Waals surface area contributed by atoms with Gasteiger partial charge in [0.1, 0.15) is 6.61 Å². The first kappa shape index (κ1) is 17.5. The Bertz CT molecular complexity index is 554. The van der Waals surface area contributed by atoms with Crippen LogP contribution in [-0.2, 0) is 16.2 Å². The third-order valence-electron chi connectivity index (χ3n) is 2.28. The molecule has 6 nitrogen and oxygen atoms in total. The first-order valence-corrected chi connectivity index (χ1v) is 6.97. The highest BCUT2D eigenvalue weighted by Gasteiger charge is 2.04. The Kier molecular flexibility index (Phi) is 7.21. The van der Waals surface area contributed by atoms with Gasteiger partial charge in [-0.2, -0.15) is 0 Å². The van der Waals surface area contributed by atoms with Crippen molar-refractivity contribution in [2.45, 2.75) is 13.0 Å². The summed E-state index contributed by atoms with van der Waals surface area (Å²) in [6.45, 7) is 0.181. The molecule has 3 N–H and O–H groups in total. The molecule has 9 heteroatoms.